The van der Waals surface area contributed by atoms with E-state index in [9.17, 15) is 23.6 Å². The molecule has 2 unspecified atom stereocenters. The lowest BCUT2D eigenvalue weighted by atomic mass is 9.60. The second kappa shape index (κ2) is 7.69. The van der Waals surface area contributed by atoms with Crippen molar-refractivity contribution in [1.29, 1.82) is 0 Å². The Kier molecular flexibility index (Phi) is 5.38. The molecule has 0 spiro atoms. The zero-order valence-electron chi connectivity index (χ0n) is 16.6. The molecule has 1 heterocycles. The number of alkyl halides is 1. The van der Waals surface area contributed by atoms with Gasteiger partial charge in [0.25, 0.3) is 0 Å². The van der Waals surface area contributed by atoms with E-state index in [2.05, 4.69) is 0 Å². The van der Waals surface area contributed by atoms with Crippen molar-refractivity contribution >= 4 is 18.5 Å². The molecule has 2 N–H and O–H groups in total. The van der Waals surface area contributed by atoms with E-state index in [1.165, 1.54) is 4.90 Å². The summed E-state index contributed by atoms with van der Waals surface area (Å²) in [6, 6.07) is 6.65. The maximum Gasteiger partial charge on any atom is 0.488 e. The summed E-state index contributed by atoms with van der Waals surface area (Å²) in [6.45, 7) is 2.05. The monoisotopic (exact) mass is 401 g/mol. The Morgan fingerprint density at radius 1 is 1.17 bits per heavy atom. The first-order chi connectivity index (χ1) is 13.9. The van der Waals surface area contributed by atoms with E-state index in [1.807, 2.05) is 0 Å². The first-order valence-corrected chi connectivity index (χ1v) is 10.5. The quantitative estimate of drug-likeness (QED) is 0.763. The molecule has 2 fully saturated rings. The predicted molar refractivity (Wildman–Crippen MR) is 108 cm³/mol. The summed E-state index contributed by atoms with van der Waals surface area (Å²) in [5.41, 5.74) is 0.674. The van der Waals surface area contributed by atoms with Gasteiger partial charge in [-0.1, -0.05) is 49.6 Å². The van der Waals surface area contributed by atoms with Crippen molar-refractivity contribution in [2.45, 2.75) is 57.0 Å². The molecule has 4 rings (SSSR count). The number of allylic oxidation sites excluding steroid dienone is 3. The normalized spacial score (nSPS) is 27.9. The summed E-state index contributed by atoms with van der Waals surface area (Å²) in [5, 5.41) is 18.9. The lowest BCUT2D eigenvalue weighted by molar-refractivity contribution is -0.133. The maximum atomic E-state index is 14.9. The second-order valence-corrected chi connectivity index (χ2v) is 8.21. The van der Waals surface area contributed by atoms with E-state index in [1.54, 1.807) is 37.3 Å². The van der Waals surface area contributed by atoms with Gasteiger partial charge in [-0.15, -0.1) is 0 Å². The fourth-order valence-corrected chi connectivity index (χ4v) is 5.41. The number of halogens is 2. The van der Waals surface area contributed by atoms with Crippen LogP contribution in [0.1, 0.15) is 51.0 Å². The predicted octanol–water partition coefficient (Wildman–Crippen LogP) is 2.90. The van der Waals surface area contributed by atoms with Crippen molar-refractivity contribution in [2.24, 2.45) is 5.92 Å². The van der Waals surface area contributed by atoms with E-state index in [0.717, 1.165) is 32.1 Å². The molecule has 2 aliphatic carbocycles. The Balaban J connectivity index is 1.94. The van der Waals surface area contributed by atoms with Crippen LogP contribution < -0.4 is 5.46 Å². The van der Waals surface area contributed by atoms with Crippen molar-refractivity contribution < 1.29 is 23.6 Å². The van der Waals surface area contributed by atoms with Crippen LogP contribution in [0.4, 0.5) is 8.78 Å². The Bertz CT molecular complexity index is 861. The van der Waals surface area contributed by atoms with Crippen LogP contribution >= 0.6 is 0 Å². The zero-order chi connectivity index (χ0) is 20.8. The molecule has 2 atom stereocenters. The highest BCUT2D eigenvalue weighted by Gasteiger charge is 2.59. The number of hydrogen-bond acceptors (Lipinski definition) is 3. The highest BCUT2D eigenvalue weighted by Crippen LogP contribution is 2.56. The van der Waals surface area contributed by atoms with Crippen LogP contribution in [-0.2, 0) is 10.2 Å². The zero-order valence-corrected chi connectivity index (χ0v) is 16.6. The topological polar surface area (TPSA) is 60.8 Å². The van der Waals surface area contributed by atoms with E-state index >= 15 is 0 Å². The summed E-state index contributed by atoms with van der Waals surface area (Å²) in [7, 11) is -1.60. The smallest absolute Gasteiger partial charge is 0.423 e. The highest BCUT2D eigenvalue weighted by atomic mass is 19.2. The van der Waals surface area contributed by atoms with Crippen LogP contribution in [-0.4, -0.2) is 40.7 Å². The van der Waals surface area contributed by atoms with Gasteiger partial charge >= 0.3 is 7.12 Å². The molecule has 1 aliphatic heterocycles. The van der Waals surface area contributed by atoms with Crippen LogP contribution in [0.15, 0.2) is 47.4 Å². The molecule has 4 nitrogen and oxygen atoms in total. The number of amides is 1. The van der Waals surface area contributed by atoms with Crippen LogP contribution in [0.2, 0.25) is 0 Å². The van der Waals surface area contributed by atoms with Crippen LogP contribution in [0.3, 0.4) is 0 Å². The first-order valence-electron chi connectivity index (χ1n) is 10.5. The lowest BCUT2D eigenvalue weighted by Gasteiger charge is -2.40. The number of likely N-dealkylation sites (tertiary alicyclic amines) is 1. The van der Waals surface area contributed by atoms with Gasteiger partial charge in [0.05, 0.1) is 5.70 Å². The summed E-state index contributed by atoms with van der Waals surface area (Å²) in [6.07, 6.45) is 4.72. The molecule has 0 bridgehead atoms. The first kappa shape index (κ1) is 20.3. The summed E-state index contributed by atoms with van der Waals surface area (Å²) < 4.78 is 29.2. The van der Waals surface area contributed by atoms with Crippen molar-refractivity contribution in [3.63, 3.8) is 0 Å². The minimum Gasteiger partial charge on any atom is -0.423 e. The summed E-state index contributed by atoms with van der Waals surface area (Å²) >= 11 is 0. The highest BCUT2D eigenvalue weighted by molar-refractivity contribution is 6.58. The fraction of sp³-hybridized carbons (Fsp3) is 0.500. The van der Waals surface area contributed by atoms with Crippen LogP contribution in [0, 0.1) is 5.92 Å². The molecule has 1 aromatic carbocycles. The number of fused-ring (bicyclic) bond motifs is 1. The Morgan fingerprint density at radius 3 is 2.41 bits per heavy atom. The molecular formula is C22H26BF2NO3. The molecule has 154 valence electrons. The fourth-order valence-electron chi connectivity index (χ4n) is 5.41. The maximum absolute atomic E-state index is 14.9. The van der Waals surface area contributed by atoms with Gasteiger partial charge in [0, 0.05) is 13.0 Å². The van der Waals surface area contributed by atoms with Crippen LogP contribution in [0.25, 0.3) is 0 Å². The molecule has 29 heavy (non-hydrogen) atoms. The van der Waals surface area contributed by atoms with Gasteiger partial charge in [-0.05, 0) is 42.3 Å². The van der Waals surface area contributed by atoms with Gasteiger partial charge in [0.1, 0.15) is 5.41 Å². The standard InChI is InChI=1S/C22H26BF2NO3/c1-2-26-20-17(12-13-18(24)19(20)25)22(21(26)27,14-6-4-3-5-7-14)15-8-10-16(11-9-15)23(28)29/h8-12,14,18,28-29H,2-7,13H2,1H3. The van der Waals surface area contributed by atoms with E-state index in [0.29, 0.717) is 16.6 Å². The molecule has 1 aromatic rings. The second-order valence-electron chi connectivity index (χ2n) is 8.21. The number of hydrogen-bond donors (Lipinski definition) is 2. The summed E-state index contributed by atoms with van der Waals surface area (Å²) in [4.78, 5) is 15.3. The molecule has 1 saturated heterocycles. The number of likely N-dealkylation sites (N-methyl/N-ethyl adjacent to an activating group) is 1. The van der Waals surface area contributed by atoms with Crippen molar-refractivity contribution in [3.8, 4) is 0 Å². The number of benzene rings is 1. The van der Waals surface area contributed by atoms with Gasteiger partial charge < -0.3 is 14.9 Å². The number of carbonyl (C=O) groups excluding carboxylic acids is 1. The third kappa shape index (κ3) is 2.97. The largest absolute Gasteiger partial charge is 0.488 e. The molecule has 1 amide bonds. The van der Waals surface area contributed by atoms with Crippen molar-refractivity contribution in [3.05, 3.63) is 53.0 Å². The molecule has 3 aliphatic rings. The van der Waals surface area contributed by atoms with E-state index < -0.39 is 24.5 Å². The lowest BCUT2D eigenvalue weighted by Crippen LogP contribution is -2.45. The van der Waals surface area contributed by atoms with Gasteiger partial charge in [-0.2, -0.15) is 0 Å². The van der Waals surface area contributed by atoms with Crippen LogP contribution in [0.5, 0.6) is 0 Å². The SMILES string of the molecule is CCN1C(=O)C(c2ccc(B(O)O)cc2)(C2CCCCC2)C2=CCC(F)C(F)=C21. The Hall–Kier alpha value is -1.99. The Morgan fingerprint density at radius 2 is 1.83 bits per heavy atom. The van der Waals surface area contributed by atoms with E-state index in [-0.39, 0.29) is 30.5 Å². The number of rotatable bonds is 4. The molecule has 0 aromatic heterocycles. The minimum absolute atomic E-state index is 0.00425. The van der Waals surface area contributed by atoms with Gasteiger partial charge in [0.15, 0.2) is 12.0 Å². The minimum atomic E-state index is -1.72. The summed E-state index contributed by atoms with van der Waals surface area (Å²) in [5.74, 6) is -1.05. The Labute approximate surface area is 170 Å². The van der Waals surface area contributed by atoms with Crippen molar-refractivity contribution in [2.75, 3.05) is 6.54 Å². The molecule has 1 saturated carbocycles. The molecule has 0 radical (unpaired) electrons. The van der Waals surface area contributed by atoms with Gasteiger partial charge in [0.2, 0.25) is 5.91 Å². The number of nitrogens with zero attached hydrogens (tertiary/aromatic N) is 1. The van der Waals surface area contributed by atoms with E-state index in [4.69, 9.17) is 0 Å². The third-order valence-electron chi connectivity index (χ3n) is 6.76. The van der Waals surface area contributed by atoms with Gasteiger partial charge in [-0.3, -0.25) is 4.79 Å². The van der Waals surface area contributed by atoms with Crippen molar-refractivity contribution in [1.82, 2.24) is 4.90 Å². The number of carbonyl (C=O) groups is 1. The third-order valence-corrected chi connectivity index (χ3v) is 6.76. The average molecular weight is 401 g/mol. The molecule has 7 heteroatoms. The molecular weight excluding hydrogens is 375 g/mol. The van der Waals surface area contributed by atoms with Gasteiger partial charge in [-0.25, -0.2) is 8.78 Å². The average Bonchev–Trinajstić information content (AvgIpc) is 3.00.